The lowest BCUT2D eigenvalue weighted by Crippen LogP contribution is -2.31. The molecule has 0 aromatic carbocycles. The van der Waals surface area contributed by atoms with E-state index in [1.54, 1.807) is 14.2 Å². The van der Waals surface area contributed by atoms with Crippen LogP contribution in [0.1, 0.15) is 46.5 Å². The van der Waals surface area contributed by atoms with E-state index in [2.05, 4.69) is 20.8 Å². The van der Waals surface area contributed by atoms with Crippen LogP contribution in [0.2, 0.25) is 0 Å². The minimum absolute atomic E-state index is 0.235. The normalized spacial score (nSPS) is 12.4. The van der Waals surface area contributed by atoms with Gasteiger partial charge in [0, 0.05) is 19.6 Å². The van der Waals surface area contributed by atoms with Gasteiger partial charge < -0.3 is 9.47 Å². The zero-order chi connectivity index (χ0) is 11.7. The second-order valence-corrected chi connectivity index (χ2v) is 5.01. The van der Waals surface area contributed by atoms with Crippen molar-refractivity contribution in [2.24, 2.45) is 11.3 Å². The molecule has 0 aliphatic carbocycles. The van der Waals surface area contributed by atoms with Crippen LogP contribution in [0.5, 0.6) is 0 Å². The summed E-state index contributed by atoms with van der Waals surface area (Å²) in [6.45, 7) is 8.42. The Morgan fingerprint density at radius 1 is 1.07 bits per heavy atom. The maximum Gasteiger partial charge on any atom is 0.0540 e. The van der Waals surface area contributed by atoms with Crippen molar-refractivity contribution < 1.29 is 9.47 Å². The van der Waals surface area contributed by atoms with Gasteiger partial charge in [-0.15, -0.1) is 0 Å². The molecule has 2 nitrogen and oxygen atoms in total. The molecule has 0 heterocycles. The second kappa shape index (κ2) is 8.12. The quantitative estimate of drug-likeness (QED) is 0.587. The van der Waals surface area contributed by atoms with Crippen LogP contribution in [-0.4, -0.2) is 27.4 Å². The molecule has 0 amide bonds. The monoisotopic (exact) mass is 216 g/mol. The maximum absolute atomic E-state index is 5.33. The first-order valence-electron chi connectivity index (χ1n) is 6.08. The Labute approximate surface area is 95.3 Å². The molecule has 0 spiro atoms. The standard InChI is InChI=1S/C13H28O2/c1-6-13(10-14-4,11-15-5)9-7-8-12(2)3/h12H,6-11H2,1-5H3. The lowest BCUT2D eigenvalue weighted by molar-refractivity contribution is -0.000184. The third-order valence-electron chi connectivity index (χ3n) is 3.14. The average Bonchev–Trinajstić information content (AvgIpc) is 2.17. The Kier molecular flexibility index (Phi) is 8.07. The molecule has 0 saturated carbocycles. The van der Waals surface area contributed by atoms with Gasteiger partial charge in [-0.2, -0.15) is 0 Å². The Morgan fingerprint density at radius 2 is 1.60 bits per heavy atom. The second-order valence-electron chi connectivity index (χ2n) is 5.01. The number of hydrogen-bond acceptors (Lipinski definition) is 2. The highest BCUT2D eigenvalue weighted by atomic mass is 16.5. The lowest BCUT2D eigenvalue weighted by Gasteiger charge is -2.31. The van der Waals surface area contributed by atoms with Crippen LogP contribution in [-0.2, 0) is 9.47 Å². The van der Waals surface area contributed by atoms with Gasteiger partial charge >= 0.3 is 0 Å². The smallest absolute Gasteiger partial charge is 0.0540 e. The molecule has 0 bridgehead atoms. The molecule has 0 aliphatic heterocycles. The molecule has 0 fully saturated rings. The molecule has 0 aromatic heterocycles. The Hall–Kier alpha value is -0.0800. The van der Waals surface area contributed by atoms with E-state index in [1.165, 1.54) is 19.3 Å². The van der Waals surface area contributed by atoms with E-state index >= 15 is 0 Å². The van der Waals surface area contributed by atoms with E-state index in [-0.39, 0.29) is 5.41 Å². The van der Waals surface area contributed by atoms with Crippen LogP contribution in [0.15, 0.2) is 0 Å². The predicted octanol–water partition coefficient (Wildman–Crippen LogP) is 3.50. The van der Waals surface area contributed by atoms with Gasteiger partial charge in [0.25, 0.3) is 0 Å². The minimum Gasteiger partial charge on any atom is -0.384 e. The SMILES string of the molecule is CCC(CCCC(C)C)(COC)COC. The van der Waals surface area contributed by atoms with Crippen molar-refractivity contribution in [2.75, 3.05) is 27.4 Å². The molecular formula is C13H28O2. The number of hydrogen-bond donors (Lipinski definition) is 0. The molecule has 0 N–H and O–H groups in total. The summed E-state index contributed by atoms with van der Waals surface area (Å²) in [6.07, 6.45) is 4.92. The summed E-state index contributed by atoms with van der Waals surface area (Å²) in [5, 5.41) is 0. The minimum atomic E-state index is 0.235. The molecule has 0 unspecified atom stereocenters. The third kappa shape index (κ3) is 6.16. The van der Waals surface area contributed by atoms with E-state index in [9.17, 15) is 0 Å². The highest BCUT2D eigenvalue weighted by Crippen LogP contribution is 2.30. The molecule has 92 valence electrons. The molecule has 15 heavy (non-hydrogen) atoms. The van der Waals surface area contributed by atoms with E-state index in [4.69, 9.17) is 9.47 Å². The van der Waals surface area contributed by atoms with Crippen LogP contribution in [0, 0.1) is 11.3 Å². The molecule has 0 rings (SSSR count). The summed E-state index contributed by atoms with van der Waals surface area (Å²) in [7, 11) is 3.56. The van der Waals surface area contributed by atoms with Gasteiger partial charge in [0.15, 0.2) is 0 Å². The lowest BCUT2D eigenvalue weighted by atomic mass is 9.81. The van der Waals surface area contributed by atoms with Crippen molar-refractivity contribution in [1.82, 2.24) is 0 Å². The van der Waals surface area contributed by atoms with E-state index in [0.717, 1.165) is 25.6 Å². The molecule has 0 atom stereocenters. The van der Waals surface area contributed by atoms with Crippen molar-refractivity contribution in [3.05, 3.63) is 0 Å². The summed E-state index contributed by atoms with van der Waals surface area (Å²) in [5.41, 5.74) is 0.235. The summed E-state index contributed by atoms with van der Waals surface area (Å²) in [5.74, 6) is 0.796. The first-order chi connectivity index (χ1) is 7.10. The highest BCUT2D eigenvalue weighted by Gasteiger charge is 2.27. The Bertz CT molecular complexity index is 137. The number of methoxy groups -OCH3 is 2. The highest BCUT2D eigenvalue weighted by molar-refractivity contribution is 4.77. The molecule has 0 saturated heterocycles. The molecule has 0 radical (unpaired) electrons. The van der Waals surface area contributed by atoms with Crippen molar-refractivity contribution in [3.63, 3.8) is 0 Å². The van der Waals surface area contributed by atoms with Crippen LogP contribution >= 0.6 is 0 Å². The first kappa shape index (κ1) is 14.9. The van der Waals surface area contributed by atoms with Crippen molar-refractivity contribution in [3.8, 4) is 0 Å². The van der Waals surface area contributed by atoms with Gasteiger partial charge in [0.1, 0.15) is 0 Å². The Balaban J connectivity index is 4.08. The van der Waals surface area contributed by atoms with Crippen LogP contribution in [0.25, 0.3) is 0 Å². The summed E-state index contributed by atoms with van der Waals surface area (Å²) < 4.78 is 10.7. The van der Waals surface area contributed by atoms with E-state index in [1.807, 2.05) is 0 Å². The third-order valence-corrected chi connectivity index (χ3v) is 3.14. The van der Waals surface area contributed by atoms with Gasteiger partial charge in [-0.25, -0.2) is 0 Å². The summed E-state index contributed by atoms with van der Waals surface area (Å²) in [4.78, 5) is 0. The zero-order valence-electron chi connectivity index (χ0n) is 11.1. The van der Waals surface area contributed by atoms with Crippen LogP contribution in [0.4, 0.5) is 0 Å². The molecule has 0 aromatic rings. The van der Waals surface area contributed by atoms with Crippen molar-refractivity contribution in [2.45, 2.75) is 46.5 Å². The fourth-order valence-electron chi connectivity index (χ4n) is 2.06. The largest absolute Gasteiger partial charge is 0.384 e. The molecule has 2 heteroatoms. The van der Waals surface area contributed by atoms with Crippen molar-refractivity contribution >= 4 is 0 Å². The number of ether oxygens (including phenoxy) is 2. The van der Waals surface area contributed by atoms with Gasteiger partial charge in [-0.05, 0) is 18.8 Å². The maximum atomic E-state index is 5.33. The fourth-order valence-corrected chi connectivity index (χ4v) is 2.06. The summed E-state index contributed by atoms with van der Waals surface area (Å²) in [6, 6.07) is 0. The first-order valence-corrected chi connectivity index (χ1v) is 6.08. The van der Waals surface area contributed by atoms with Crippen LogP contribution < -0.4 is 0 Å². The van der Waals surface area contributed by atoms with Gasteiger partial charge in [-0.1, -0.05) is 33.6 Å². The zero-order valence-corrected chi connectivity index (χ0v) is 11.1. The average molecular weight is 216 g/mol. The van der Waals surface area contributed by atoms with Crippen LogP contribution in [0.3, 0.4) is 0 Å². The fraction of sp³-hybridized carbons (Fsp3) is 1.00. The van der Waals surface area contributed by atoms with Gasteiger partial charge in [0.05, 0.1) is 13.2 Å². The predicted molar refractivity (Wildman–Crippen MR) is 65.2 cm³/mol. The van der Waals surface area contributed by atoms with Crippen molar-refractivity contribution in [1.29, 1.82) is 0 Å². The van der Waals surface area contributed by atoms with E-state index in [0.29, 0.717) is 0 Å². The number of rotatable bonds is 9. The van der Waals surface area contributed by atoms with E-state index < -0.39 is 0 Å². The summed E-state index contributed by atoms with van der Waals surface area (Å²) >= 11 is 0. The van der Waals surface area contributed by atoms with Gasteiger partial charge in [-0.3, -0.25) is 0 Å². The van der Waals surface area contributed by atoms with Gasteiger partial charge in [0.2, 0.25) is 0 Å². The Morgan fingerprint density at radius 3 is 1.93 bits per heavy atom. The topological polar surface area (TPSA) is 18.5 Å². The molecule has 0 aliphatic rings. The molecular weight excluding hydrogens is 188 g/mol.